The minimum absolute atomic E-state index is 0.0709. The van der Waals surface area contributed by atoms with Crippen molar-refractivity contribution in [1.82, 2.24) is 25.1 Å². The summed E-state index contributed by atoms with van der Waals surface area (Å²) >= 11 is 0. The van der Waals surface area contributed by atoms with Crippen molar-refractivity contribution in [3.63, 3.8) is 0 Å². The van der Waals surface area contributed by atoms with Crippen LogP contribution in [0.5, 0.6) is 0 Å². The monoisotopic (exact) mass is 681 g/mol. The highest BCUT2D eigenvalue weighted by Crippen LogP contribution is 2.29. The Morgan fingerprint density at radius 1 is 1.04 bits per heavy atom. The van der Waals surface area contributed by atoms with E-state index in [-0.39, 0.29) is 12.8 Å². The van der Waals surface area contributed by atoms with Gasteiger partial charge in [0.05, 0.1) is 31.3 Å². The van der Waals surface area contributed by atoms with Gasteiger partial charge in [0, 0.05) is 32.6 Å². The zero-order valence-corrected chi connectivity index (χ0v) is 29.5. The molecule has 5 atom stereocenters. The highest BCUT2D eigenvalue weighted by Gasteiger charge is 2.40. The van der Waals surface area contributed by atoms with Gasteiger partial charge in [-0.3, -0.25) is 14.5 Å². The van der Waals surface area contributed by atoms with Gasteiger partial charge in [0.2, 0.25) is 5.91 Å². The lowest BCUT2D eigenvalue weighted by Crippen LogP contribution is -2.56. The number of likely N-dealkylation sites (N-methyl/N-ethyl adjacent to an activating group) is 1. The third kappa shape index (κ3) is 11.0. The Hall–Kier alpha value is -3.93. The maximum absolute atomic E-state index is 14.3. The number of aliphatic hydroxyl groups excluding tert-OH is 1. The van der Waals surface area contributed by atoms with Crippen LogP contribution in [-0.2, 0) is 36.7 Å². The number of esters is 1. The fourth-order valence-electron chi connectivity index (χ4n) is 7.03. The van der Waals surface area contributed by atoms with Gasteiger partial charge in [0.1, 0.15) is 12.1 Å². The molecule has 12 heteroatoms. The highest BCUT2D eigenvalue weighted by molar-refractivity contribution is 5.91. The Morgan fingerprint density at radius 2 is 1.78 bits per heavy atom. The third-order valence-electron chi connectivity index (χ3n) is 9.96. The lowest BCUT2D eigenvalue weighted by molar-refractivity contribution is -0.148. The van der Waals surface area contributed by atoms with Gasteiger partial charge in [-0.15, -0.1) is 0 Å². The summed E-state index contributed by atoms with van der Waals surface area (Å²) in [5, 5.41) is 14.5. The van der Waals surface area contributed by atoms with Gasteiger partial charge in [-0.05, 0) is 49.5 Å². The summed E-state index contributed by atoms with van der Waals surface area (Å²) in [7, 11) is 2.80. The highest BCUT2D eigenvalue weighted by atomic mass is 16.6. The van der Waals surface area contributed by atoms with Crippen molar-refractivity contribution in [3.8, 4) is 0 Å². The molecule has 0 radical (unpaired) electrons. The standard InChI is InChI=1S/C37H55N5O7/c1-25(2)17-18-32(43)29(20-26-12-7-5-8-13-26)40-34(44)31(22-28-23-38-24-39-28)41(3)35(45)33(21-27-14-9-6-10-15-27)49-37(47)42-19-11-16-30(42)36(46)48-4/h6,9-10,14-15,23-26,29-33,43H,5,7-8,11-13,16-22H2,1-4H3,(H,38,39)(H,40,44)/t29-,30+,31-,32-,33-/m0/s1. The van der Waals surface area contributed by atoms with E-state index >= 15 is 0 Å². The molecule has 49 heavy (non-hydrogen) atoms. The molecule has 0 unspecified atom stereocenters. The largest absolute Gasteiger partial charge is 0.467 e. The molecule has 2 aliphatic rings. The van der Waals surface area contributed by atoms with E-state index < -0.39 is 54.2 Å². The topological polar surface area (TPSA) is 154 Å². The van der Waals surface area contributed by atoms with Crippen LogP contribution in [0.25, 0.3) is 0 Å². The summed E-state index contributed by atoms with van der Waals surface area (Å²) in [5.74, 6) is -0.689. The average Bonchev–Trinajstić information content (AvgIpc) is 3.82. The number of methoxy groups -OCH3 is 1. The van der Waals surface area contributed by atoms with Crippen molar-refractivity contribution < 1.29 is 33.8 Å². The normalized spacial score (nSPS) is 19.1. The molecule has 1 saturated carbocycles. The zero-order chi connectivity index (χ0) is 35.3. The molecule has 3 N–H and O–H groups in total. The Kier molecular flexibility index (Phi) is 14.5. The number of nitrogens with one attached hydrogen (secondary N) is 2. The third-order valence-corrected chi connectivity index (χ3v) is 9.96. The average molecular weight is 682 g/mol. The second-order valence-corrected chi connectivity index (χ2v) is 14.1. The van der Waals surface area contributed by atoms with Crippen LogP contribution in [0.1, 0.15) is 89.3 Å². The fraction of sp³-hybridized carbons (Fsp3) is 0.649. The summed E-state index contributed by atoms with van der Waals surface area (Å²) < 4.78 is 10.8. The molecule has 1 aromatic heterocycles. The van der Waals surface area contributed by atoms with Crippen LogP contribution in [-0.4, -0.2) is 99.8 Å². The number of nitrogens with zero attached hydrogens (tertiary/aromatic N) is 3. The van der Waals surface area contributed by atoms with Gasteiger partial charge in [-0.25, -0.2) is 14.6 Å². The van der Waals surface area contributed by atoms with E-state index in [0.717, 1.165) is 37.7 Å². The summed E-state index contributed by atoms with van der Waals surface area (Å²) in [6.45, 7) is 4.52. The number of rotatable bonds is 16. The van der Waals surface area contributed by atoms with Crippen molar-refractivity contribution in [2.24, 2.45) is 11.8 Å². The summed E-state index contributed by atoms with van der Waals surface area (Å²) in [6.07, 6.45) is 9.32. The first-order chi connectivity index (χ1) is 23.6. The van der Waals surface area contributed by atoms with E-state index in [4.69, 9.17) is 9.47 Å². The van der Waals surface area contributed by atoms with Crippen LogP contribution in [0.2, 0.25) is 0 Å². The Bertz CT molecular complexity index is 1330. The molecule has 1 saturated heterocycles. The first-order valence-corrected chi connectivity index (χ1v) is 17.9. The fourth-order valence-corrected chi connectivity index (χ4v) is 7.03. The molecule has 0 spiro atoms. The van der Waals surface area contributed by atoms with Crippen LogP contribution in [0.4, 0.5) is 4.79 Å². The van der Waals surface area contributed by atoms with Gasteiger partial charge in [-0.1, -0.05) is 76.3 Å². The Morgan fingerprint density at radius 3 is 2.43 bits per heavy atom. The quantitative estimate of drug-likeness (QED) is 0.220. The molecule has 1 aliphatic carbocycles. The van der Waals surface area contributed by atoms with Gasteiger partial charge >= 0.3 is 12.1 Å². The second kappa shape index (κ2) is 18.7. The number of hydrogen-bond donors (Lipinski definition) is 3. The SMILES string of the molecule is COC(=O)[C@H]1CCCN1C(=O)O[C@@H](Cc1ccccc1)C(=O)N(C)[C@@H](Cc1c[nH]cn1)C(=O)N[C@@H](CC1CCCCC1)[C@@H](O)CCC(C)C. The van der Waals surface area contributed by atoms with Gasteiger partial charge in [-0.2, -0.15) is 0 Å². The van der Waals surface area contributed by atoms with Crippen molar-refractivity contribution >= 4 is 23.9 Å². The van der Waals surface area contributed by atoms with Gasteiger partial charge < -0.3 is 29.8 Å². The molecule has 3 amide bonds. The van der Waals surface area contributed by atoms with Crippen molar-refractivity contribution in [2.45, 2.75) is 121 Å². The number of amides is 3. The predicted octanol–water partition coefficient (Wildman–Crippen LogP) is 4.42. The molecule has 0 bridgehead atoms. The number of H-pyrrole nitrogens is 1. The van der Waals surface area contributed by atoms with Gasteiger partial charge in [0.25, 0.3) is 5.91 Å². The maximum atomic E-state index is 14.3. The van der Waals surface area contributed by atoms with E-state index in [0.29, 0.717) is 49.8 Å². The van der Waals surface area contributed by atoms with Crippen LogP contribution in [0.3, 0.4) is 0 Å². The minimum atomic E-state index is -1.28. The summed E-state index contributed by atoms with van der Waals surface area (Å²) in [5.41, 5.74) is 1.35. The molecule has 2 aromatic rings. The number of carbonyl (C=O) groups is 4. The number of likely N-dealkylation sites (tertiary alicyclic amines) is 1. The van der Waals surface area contributed by atoms with E-state index in [9.17, 15) is 24.3 Å². The molecule has 2 heterocycles. The van der Waals surface area contributed by atoms with Crippen LogP contribution in [0.15, 0.2) is 42.9 Å². The zero-order valence-electron chi connectivity index (χ0n) is 29.5. The van der Waals surface area contributed by atoms with Crippen molar-refractivity contribution in [1.29, 1.82) is 0 Å². The molecule has 1 aliphatic heterocycles. The number of imidazole rings is 1. The Labute approximate surface area is 290 Å². The van der Waals surface area contributed by atoms with Crippen LogP contribution in [0, 0.1) is 11.8 Å². The van der Waals surface area contributed by atoms with E-state index in [1.807, 2.05) is 30.3 Å². The number of carbonyl (C=O) groups excluding carboxylic acids is 4. The number of hydrogen-bond acceptors (Lipinski definition) is 8. The maximum Gasteiger partial charge on any atom is 0.411 e. The molecular weight excluding hydrogens is 626 g/mol. The van der Waals surface area contributed by atoms with E-state index in [2.05, 4.69) is 29.1 Å². The molecule has 2 fully saturated rings. The lowest BCUT2D eigenvalue weighted by Gasteiger charge is -2.34. The molecule has 270 valence electrons. The predicted molar refractivity (Wildman–Crippen MR) is 184 cm³/mol. The van der Waals surface area contributed by atoms with Crippen LogP contribution >= 0.6 is 0 Å². The first kappa shape index (κ1) is 37.9. The van der Waals surface area contributed by atoms with Crippen molar-refractivity contribution in [2.75, 3.05) is 20.7 Å². The summed E-state index contributed by atoms with van der Waals surface area (Å²) in [6, 6.07) is 6.93. The van der Waals surface area contributed by atoms with Crippen molar-refractivity contribution in [3.05, 3.63) is 54.1 Å². The smallest absolute Gasteiger partial charge is 0.411 e. The first-order valence-electron chi connectivity index (χ1n) is 17.9. The molecule has 12 nitrogen and oxygen atoms in total. The minimum Gasteiger partial charge on any atom is -0.467 e. The molecule has 4 rings (SSSR count). The number of ether oxygens (including phenoxy) is 2. The van der Waals surface area contributed by atoms with E-state index in [1.54, 1.807) is 6.20 Å². The summed E-state index contributed by atoms with van der Waals surface area (Å²) in [4.78, 5) is 64.3. The second-order valence-electron chi connectivity index (χ2n) is 14.1. The molecular formula is C37H55N5O7. The van der Waals surface area contributed by atoms with Gasteiger partial charge in [0.15, 0.2) is 6.10 Å². The Balaban J connectivity index is 1.58. The number of aromatic amines is 1. The molecule has 1 aromatic carbocycles. The number of aromatic nitrogens is 2. The number of aliphatic hydroxyl groups is 1. The number of benzene rings is 1. The van der Waals surface area contributed by atoms with E-state index in [1.165, 1.54) is 36.7 Å². The van der Waals surface area contributed by atoms with Crippen LogP contribution < -0.4 is 5.32 Å². The lowest BCUT2D eigenvalue weighted by atomic mass is 9.83.